The first kappa shape index (κ1) is 23.3. The second kappa shape index (κ2) is 11.2. The first-order valence-corrected chi connectivity index (χ1v) is 9.19. The van der Waals surface area contributed by atoms with E-state index in [1.807, 2.05) is 45.9 Å². The van der Waals surface area contributed by atoms with Crippen LogP contribution in [0.25, 0.3) is 0 Å². The summed E-state index contributed by atoms with van der Waals surface area (Å²) in [6.45, 7) is 10.7. The molecule has 0 bridgehead atoms. The summed E-state index contributed by atoms with van der Waals surface area (Å²) in [6, 6.07) is 5.73. The number of halogens is 1. The van der Waals surface area contributed by atoms with Crippen LogP contribution >= 0.6 is 24.0 Å². The standard InChI is InChI=1S/C19H30N4O3.HI/c1-5-20-17(24)19(3,4)13-22-18(21-6-2)23-14-8-9-15-16(12-14)26-11-7-10-25-15;/h8-9,12H,5-7,10-11,13H2,1-4H3,(H,20,24)(H2,21,22,23);1H. The summed E-state index contributed by atoms with van der Waals surface area (Å²) in [5.74, 6) is 2.10. The Bertz CT molecular complexity index is 650. The molecule has 0 fully saturated rings. The quantitative estimate of drug-likeness (QED) is 0.325. The van der Waals surface area contributed by atoms with Crippen molar-refractivity contribution in [3.8, 4) is 11.5 Å². The molecule has 1 aliphatic heterocycles. The topological polar surface area (TPSA) is 84.0 Å². The zero-order valence-electron chi connectivity index (χ0n) is 16.6. The summed E-state index contributed by atoms with van der Waals surface area (Å²) < 4.78 is 11.4. The Morgan fingerprint density at radius 2 is 1.78 bits per heavy atom. The van der Waals surface area contributed by atoms with Crippen molar-refractivity contribution in [3.05, 3.63) is 18.2 Å². The van der Waals surface area contributed by atoms with Gasteiger partial charge in [-0.05, 0) is 39.8 Å². The highest BCUT2D eigenvalue weighted by Gasteiger charge is 2.26. The number of ether oxygens (including phenoxy) is 2. The van der Waals surface area contributed by atoms with E-state index < -0.39 is 5.41 Å². The number of hydrogen-bond donors (Lipinski definition) is 3. The van der Waals surface area contributed by atoms with Crippen molar-refractivity contribution in [3.63, 3.8) is 0 Å². The molecule has 27 heavy (non-hydrogen) atoms. The van der Waals surface area contributed by atoms with E-state index in [0.29, 0.717) is 32.3 Å². The SMILES string of the molecule is CCNC(=O)C(C)(C)CN=C(NCC)Nc1ccc2c(c1)OCCCO2.I. The monoisotopic (exact) mass is 490 g/mol. The predicted molar refractivity (Wildman–Crippen MR) is 120 cm³/mol. The van der Waals surface area contributed by atoms with Gasteiger partial charge in [-0.2, -0.15) is 0 Å². The van der Waals surface area contributed by atoms with Crippen molar-refractivity contribution >= 4 is 41.5 Å². The van der Waals surface area contributed by atoms with Gasteiger partial charge in [0, 0.05) is 31.3 Å². The summed E-state index contributed by atoms with van der Waals surface area (Å²) in [7, 11) is 0. The van der Waals surface area contributed by atoms with E-state index in [0.717, 1.165) is 30.2 Å². The van der Waals surface area contributed by atoms with Crippen LogP contribution in [0.3, 0.4) is 0 Å². The third-order valence-corrected chi connectivity index (χ3v) is 3.94. The molecule has 0 unspecified atom stereocenters. The van der Waals surface area contributed by atoms with E-state index in [1.54, 1.807) is 0 Å². The van der Waals surface area contributed by atoms with Gasteiger partial charge in [0.25, 0.3) is 0 Å². The number of benzene rings is 1. The van der Waals surface area contributed by atoms with Crippen molar-refractivity contribution in [1.82, 2.24) is 10.6 Å². The maximum Gasteiger partial charge on any atom is 0.227 e. The van der Waals surface area contributed by atoms with Crippen LogP contribution in [-0.4, -0.2) is 44.7 Å². The Morgan fingerprint density at radius 3 is 2.44 bits per heavy atom. The highest BCUT2D eigenvalue weighted by atomic mass is 127. The first-order chi connectivity index (χ1) is 12.5. The first-order valence-electron chi connectivity index (χ1n) is 9.19. The molecular weight excluding hydrogens is 459 g/mol. The summed E-state index contributed by atoms with van der Waals surface area (Å²) in [4.78, 5) is 16.7. The minimum atomic E-state index is -0.580. The lowest BCUT2D eigenvalue weighted by atomic mass is 9.92. The van der Waals surface area contributed by atoms with E-state index in [-0.39, 0.29) is 29.9 Å². The van der Waals surface area contributed by atoms with Gasteiger partial charge in [0.05, 0.1) is 25.2 Å². The lowest BCUT2D eigenvalue weighted by Gasteiger charge is -2.22. The molecule has 0 aromatic heterocycles. The second-order valence-corrected chi connectivity index (χ2v) is 6.78. The highest BCUT2D eigenvalue weighted by Crippen LogP contribution is 2.32. The number of nitrogens with zero attached hydrogens (tertiary/aromatic N) is 1. The van der Waals surface area contributed by atoms with Gasteiger partial charge in [-0.3, -0.25) is 9.79 Å². The molecular formula is C19H31IN4O3. The fourth-order valence-electron chi connectivity index (χ4n) is 2.43. The van der Waals surface area contributed by atoms with Crippen molar-refractivity contribution in [2.75, 3.05) is 38.2 Å². The average Bonchev–Trinajstić information content (AvgIpc) is 2.85. The third kappa shape index (κ3) is 7.08. The molecule has 152 valence electrons. The van der Waals surface area contributed by atoms with Crippen molar-refractivity contribution in [2.45, 2.75) is 34.1 Å². The highest BCUT2D eigenvalue weighted by molar-refractivity contribution is 14.0. The second-order valence-electron chi connectivity index (χ2n) is 6.78. The number of rotatable bonds is 6. The molecule has 0 saturated heterocycles. The number of guanidine groups is 1. The fourth-order valence-corrected chi connectivity index (χ4v) is 2.43. The van der Waals surface area contributed by atoms with Gasteiger partial charge in [0.2, 0.25) is 5.91 Å². The number of amides is 1. The minimum Gasteiger partial charge on any atom is -0.490 e. The van der Waals surface area contributed by atoms with Crippen LogP contribution in [0.15, 0.2) is 23.2 Å². The molecule has 3 N–H and O–H groups in total. The largest absolute Gasteiger partial charge is 0.490 e. The number of fused-ring (bicyclic) bond motifs is 1. The molecule has 7 nitrogen and oxygen atoms in total. The number of anilines is 1. The zero-order valence-corrected chi connectivity index (χ0v) is 18.9. The average molecular weight is 490 g/mol. The van der Waals surface area contributed by atoms with Crippen molar-refractivity contribution in [2.24, 2.45) is 10.4 Å². The minimum absolute atomic E-state index is 0. The van der Waals surface area contributed by atoms with Gasteiger partial charge in [-0.25, -0.2) is 0 Å². The molecule has 2 rings (SSSR count). The number of hydrogen-bond acceptors (Lipinski definition) is 4. The van der Waals surface area contributed by atoms with Gasteiger partial charge in [-0.1, -0.05) is 0 Å². The Balaban J connectivity index is 0.00000364. The predicted octanol–water partition coefficient (Wildman–Crippen LogP) is 3.01. The van der Waals surface area contributed by atoms with E-state index in [9.17, 15) is 4.79 Å². The Labute approximate surface area is 178 Å². The molecule has 0 radical (unpaired) electrons. The summed E-state index contributed by atoms with van der Waals surface area (Å²) in [5.41, 5.74) is 0.271. The van der Waals surface area contributed by atoms with Gasteiger partial charge >= 0.3 is 0 Å². The third-order valence-electron chi connectivity index (χ3n) is 3.94. The van der Waals surface area contributed by atoms with Crippen molar-refractivity contribution in [1.29, 1.82) is 0 Å². The molecule has 1 aromatic rings. The molecule has 1 aromatic carbocycles. The maximum atomic E-state index is 12.1. The van der Waals surface area contributed by atoms with Crippen LogP contribution in [0.5, 0.6) is 11.5 Å². The van der Waals surface area contributed by atoms with Crippen LogP contribution in [-0.2, 0) is 4.79 Å². The zero-order chi connectivity index (χ0) is 19.0. The lowest BCUT2D eigenvalue weighted by Crippen LogP contribution is -2.40. The van der Waals surface area contributed by atoms with Crippen molar-refractivity contribution < 1.29 is 14.3 Å². The van der Waals surface area contributed by atoms with Gasteiger partial charge in [0.15, 0.2) is 17.5 Å². The normalized spacial score (nSPS) is 13.9. The molecule has 0 atom stereocenters. The van der Waals surface area contributed by atoms with Crippen LogP contribution < -0.4 is 25.4 Å². The maximum absolute atomic E-state index is 12.1. The van der Waals surface area contributed by atoms with Crippen LogP contribution in [0.4, 0.5) is 5.69 Å². The van der Waals surface area contributed by atoms with Gasteiger partial charge in [-0.15, -0.1) is 24.0 Å². The van der Waals surface area contributed by atoms with E-state index in [2.05, 4.69) is 20.9 Å². The number of carbonyl (C=O) groups is 1. The Kier molecular flexibility index (Phi) is 9.68. The summed E-state index contributed by atoms with van der Waals surface area (Å²) in [5, 5.41) is 9.32. The fraction of sp³-hybridized carbons (Fsp3) is 0.579. The molecule has 0 aliphatic carbocycles. The van der Waals surface area contributed by atoms with Gasteiger partial charge in [0.1, 0.15) is 0 Å². The van der Waals surface area contributed by atoms with E-state index in [4.69, 9.17) is 9.47 Å². The Hall–Kier alpha value is -1.71. The van der Waals surface area contributed by atoms with Crippen LogP contribution in [0.2, 0.25) is 0 Å². The molecule has 1 amide bonds. The number of nitrogens with one attached hydrogen (secondary N) is 3. The van der Waals surface area contributed by atoms with Crippen LogP contribution in [0, 0.1) is 5.41 Å². The molecule has 1 aliphatic rings. The summed E-state index contributed by atoms with van der Waals surface area (Å²) >= 11 is 0. The summed E-state index contributed by atoms with van der Waals surface area (Å²) in [6.07, 6.45) is 0.871. The van der Waals surface area contributed by atoms with Gasteiger partial charge < -0.3 is 25.4 Å². The number of aliphatic imine (C=N–C) groups is 1. The van der Waals surface area contributed by atoms with E-state index >= 15 is 0 Å². The molecule has 1 heterocycles. The van der Waals surface area contributed by atoms with E-state index in [1.165, 1.54) is 0 Å². The molecule has 0 spiro atoms. The molecule has 0 saturated carbocycles. The molecule has 8 heteroatoms. The lowest BCUT2D eigenvalue weighted by molar-refractivity contribution is -0.128. The van der Waals surface area contributed by atoms with Crippen LogP contribution in [0.1, 0.15) is 34.1 Å². The smallest absolute Gasteiger partial charge is 0.227 e. The Morgan fingerprint density at radius 1 is 1.11 bits per heavy atom. The number of carbonyl (C=O) groups excluding carboxylic acids is 1.